The molecule has 2 aromatic rings. The number of H-pyrrole nitrogens is 1. The van der Waals surface area contributed by atoms with Crippen LogP contribution in [-0.4, -0.2) is 28.6 Å². The number of anilines is 1. The van der Waals surface area contributed by atoms with Crippen LogP contribution in [-0.2, 0) is 11.2 Å². The summed E-state index contributed by atoms with van der Waals surface area (Å²) in [6, 6.07) is 8.39. The smallest absolute Gasteiger partial charge is 0.253 e. The molecule has 1 aromatic heterocycles. The van der Waals surface area contributed by atoms with Gasteiger partial charge in [0.2, 0.25) is 5.91 Å². The second-order valence-corrected chi connectivity index (χ2v) is 4.75. The maximum atomic E-state index is 11.9. The molecule has 0 spiro atoms. The monoisotopic (exact) mass is 306 g/mol. The van der Waals surface area contributed by atoms with E-state index in [0.717, 1.165) is 12.1 Å². The molecule has 21 heavy (non-hydrogen) atoms. The third-order valence-corrected chi connectivity index (χ3v) is 3.14. The van der Waals surface area contributed by atoms with Gasteiger partial charge in [-0.05, 0) is 18.6 Å². The molecule has 0 saturated heterocycles. The number of carbonyl (C=O) groups is 2. The lowest BCUT2D eigenvalue weighted by molar-refractivity contribution is -0.115. The average molecular weight is 307 g/mol. The first kappa shape index (κ1) is 15.1. The SMILES string of the molecule is CCc1cc(NC(=O)CNC(=O)c2ccccc2Cl)n[nH]1. The minimum atomic E-state index is -0.396. The van der Waals surface area contributed by atoms with Crippen LogP contribution >= 0.6 is 11.6 Å². The molecule has 110 valence electrons. The van der Waals surface area contributed by atoms with Crippen molar-refractivity contribution < 1.29 is 9.59 Å². The van der Waals surface area contributed by atoms with Gasteiger partial charge in [-0.15, -0.1) is 0 Å². The van der Waals surface area contributed by atoms with E-state index in [0.29, 0.717) is 16.4 Å². The van der Waals surface area contributed by atoms with Gasteiger partial charge in [-0.1, -0.05) is 30.7 Å². The number of halogens is 1. The number of aromatic nitrogens is 2. The summed E-state index contributed by atoms with van der Waals surface area (Å²) in [5.41, 5.74) is 1.26. The molecule has 0 unspecified atom stereocenters. The van der Waals surface area contributed by atoms with Crippen LogP contribution in [0.1, 0.15) is 23.0 Å². The van der Waals surface area contributed by atoms with Gasteiger partial charge in [0.05, 0.1) is 17.1 Å². The van der Waals surface area contributed by atoms with Crippen LogP contribution in [0.5, 0.6) is 0 Å². The van der Waals surface area contributed by atoms with Gasteiger partial charge in [0.1, 0.15) is 0 Å². The second-order valence-electron chi connectivity index (χ2n) is 4.34. The summed E-state index contributed by atoms with van der Waals surface area (Å²) in [6.07, 6.45) is 0.798. The number of rotatable bonds is 5. The average Bonchev–Trinajstić information content (AvgIpc) is 2.93. The molecule has 0 fully saturated rings. The van der Waals surface area contributed by atoms with Crippen molar-refractivity contribution in [3.63, 3.8) is 0 Å². The van der Waals surface area contributed by atoms with E-state index in [4.69, 9.17) is 11.6 Å². The Kier molecular flexibility index (Phi) is 4.94. The maximum absolute atomic E-state index is 11.9. The predicted molar refractivity (Wildman–Crippen MR) is 80.4 cm³/mol. The molecule has 0 aliphatic rings. The Morgan fingerprint density at radius 3 is 2.76 bits per heavy atom. The number of aromatic amines is 1. The molecule has 2 rings (SSSR count). The minimum Gasteiger partial charge on any atom is -0.343 e. The van der Waals surface area contributed by atoms with Crippen LogP contribution in [0.4, 0.5) is 5.82 Å². The molecular formula is C14H15ClN4O2. The third kappa shape index (κ3) is 4.06. The van der Waals surface area contributed by atoms with Gasteiger partial charge >= 0.3 is 0 Å². The van der Waals surface area contributed by atoms with Crippen molar-refractivity contribution in [3.05, 3.63) is 46.6 Å². The standard InChI is InChI=1S/C14H15ClN4O2/c1-2-9-7-12(19-18-9)17-13(20)8-16-14(21)10-5-3-4-6-11(10)15/h3-7H,2,8H2,1H3,(H,16,21)(H2,17,18,19,20). The van der Waals surface area contributed by atoms with Gasteiger partial charge in [-0.3, -0.25) is 14.7 Å². The molecule has 0 radical (unpaired) electrons. The molecule has 0 aliphatic heterocycles. The number of carbonyl (C=O) groups excluding carboxylic acids is 2. The Bertz CT molecular complexity index is 654. The number of amides is 2. The quantitative estimate of drug-likeness (QED) is 0.789. The number of benzene rings is 1. The van der Waals surface area contributed by atoms with Gasteiger partial charge in [-0.2, -0.15) is 5.10 Å². The Balaban J connectivity index is 1.86. The van der Waals surface area contributed by atoms with Crippen molar-refractivity contribution in [2.75, 3.05) is 11.9 Å². The minimum absolute atomic E-state index is 0.154. The summed E-state index contributed by atoms with van der Waals surface area (Å²) in [4.78, 5) is 23.6. The lowest BCUT2D eigenvalue weighted by Gasteiger charge is -2.06. The van der Waals surface area contributed by atoms with E-state index in [1.54, 1.807) is 30.3 Å². The normalized spacial score (nSPS) is 10.2. The molecule has 6 nitrogen and oxygen atoms in total. The van der Waals surface area contributed by atoms with Crippen LogP contribution in [0.2, 0.25) is 5.02 Å². The van der Waals surface area contributed by atoms with Crippen molar-refractivity contribution in [1.82, 2.24) is 15.5 Å². The van der Waals surface area contributed by atoms with Crippen molar-refractivity contribution >= 4 is 29.2 Å². The zero-order valence-corrected chi connectivity index (χ0v) is 12.2. The largest absolute Gasteiger partial charge is 0.343 e. The zero-order valence-electron chi connectivity index (χ0n) is 11.4. The van der Waals surface area contributed by atoms with E-state index < -0.39 is 5.91 Å². The van der Waals surface area contributed by atoms with Crippen LogP contribution in [0, 0.1) is 0 Å². The number of nitrogens with zero attached hydrogens (tertiary/aromatic N) is 1. The Hall–Kier alpha value is -2.34. The Labute approximate surface area is 126 Å². The van der Waals surface area contributed by atoms with Gasteiger partial charge < -0.3 is 10.6 Å². The molecule has 1 aromatic carbocycles. The summed E-state index contributed by atoms with van der Waals surface area (Å²) < 4.78 is 0. The third-order valence-electron chi connectivity index (χ3n) is 2.81. The number of hydrogen-bond donors (Lipinski definition) is 3. The zero-order chi connectivity index (χ0) is 15.2. The van der Waals surface area contributed by atoms with Crippen molar-refractivity contribution in [1.29, 1.82) is 0 Å². The van der Waals surface area contributed by atoms with Gasteiger partial charge in [0.15, 0.2) is 5.82 Å². The first-order chi connectivity index (χ1) is 10.1. The van der Waals surface area contributed by atoms with Crippen LogP contribution in [0.15, 0.2) is 30.3 Å². The van der Waals surface area contributed by atoms with E-state index >= 15 is 0 Å². The van der Waals surface area contributed by atoms with Gasteiger partial charge in [0, 0.05) is 11.8 Å². The Morgan fingerprint density at radius 1 is 1.33 bits per heavy atom. The first-order valence-corrected chi connectivity index (χ1v) is 6.84. The summed E-state index contributed by atoms with van der Waals surface area (Å²) in [5, 5.41) is 12.2. The van der Waals surface area contributed by atoms with Crippen LogP contribution < -0.4 is 10.6 Å². The maximum Gasteiger partial charge on any atom is 0.253 e. The fourth-order valence-corrected chi connectivity index (χ4v) is 1.92. The number of aryl methyl sites for hydroxylation is 1. The van der Waals surface area contributed by atoms with Gasteiger partial charge in [0.25, 0.3) is 5.91 Å². The summed E-state index contributed by atoms with van der Waals surface area (Å²) in [6.45, 7) is 1.82. The lowest BCUT2D eigenvalue weighted by atomic mass is 10.2. The number of hydrogen-bond acceptors (Lipinski definition) is 3. The molecule has 7 heteroatoms. The molecule has 1 heterocycles. The predicted octanol–water partition coefficient (Wildman–Crippen LogP) is 1.99. The Morgan fingerprint density at radius 2 is 2.10 bits per heavy atom. The highest BCUT2D eigenvalue weighted by molar-refractivity contribution is 6.33. The van der Waals surface area contributed by atoms with E-state index in [-0.39, 0.29) is 12.5 Å². The molecule has 0 bridgehead atoms. The molecule has 0 saturated carbocycles. The van der Waals surface area contributed by atoms with Crippen LogP contribution in [0.25, 0.3) is 0 Å². The highest BCUT2D eigenvalue weighted by Gasteiger charge is 2.11. The summed E-state index contributed by atoms with van der Waals surface area (Å²) >= 11 is 5.91. The molecule has 3 N–H and O–H groups in total. The van der Waals surface area contributed by atoms with E-state index in [1.807, 2.05) is 6.92 Å². The molecular weight excluding hydrogens is 292 g/mol. The first-order valence-electron chi connectivity index (χ1n) is 6.47. The van der Waals surface area contributed by atoms with Crippen molar-refractivity contribution in [2.24, 2.45) is 0 Å². The topological polar surface area (TPSA) is 86.9 Å². The van der Waals surface area contributed by atoms with E-state index in [9.17, 15) is 9.59 Å². The summed E-state index contributed by atoms with van der Waals surface area (Å²) in [5.74, 6) is -0.319. The van der Waals surface area contributed by atoms with Crippen molar-refractivity contribution in [2.45, 2.75) is 13.3 Å². The van der Waals surface area contributed by atoms with Crippen LogP contribution in [0.3, 0.4) is 0 Å². The highest BCUT2D eigenvalue weighted by atomic mass is 35.5. The fourth-order valence-electron chi connectivity index (χ4n) is 1.69. The fraction of sp³-hybridized carbons (Fsp3) is 0.214. The number of nitrogens with one attached hydrogen (secondary N) is 3. The van der Waals surface area contributed by atoms with Crippen molar-refractivity contribution in [3.8, 4) is 0 Å². The lowest BCUT2D eigenvalue weighted by Crippen LogP contribution is -2.33. The van der Waals surface area contributed by atoms with E-state index in [2.05, 4.69) is 20.8 Å². The highest BCUT2D eigenvalue weighted by Crippen LogP contribution is 2.14. The summed E-state index contributed by atoms with van der Waals surface area (Å²) in [7, 11) is 0. The molecule has 2 amide bonds. The van der Waals surface area contributed by atoms with Gasteiger partial charge in [-0.25, -0.2) is 0 Å². The van der Waals surface area contributed by atoms with E-state index in [1.165, 1.54) is 0 Å². The molecule has 0 aliphatic carbocycles. The molecule has 0 atom stereocenters. The second kappa shape index (κ2) is 6.90.